The first kappa shape index (κ1) is 23.1. The SMILES string of the molecule is CC1=C(C)C(C)=C(c2ccccc2[CH](C)[Ti][NH]c2ccccc2)C1.Cl.Cl. The minimum atomic E-state index is -0.300. The molecule has 0 saturated carbocycles. The molecule has 2 aromatic rings. The van der Waals surface area contributed by atoms with Gasteiger partial charge in [-0.1, -0.05) is 0 Å². The van der Waals surface area contributed by atoms with Crippen molar-refractivity contribution in [3.05, 3.63) is 82.4 Å². The number of rotatable bonds is 5. The van der Waals surface area contributed by atoms with Gasteiger partial charge in [-0.15, -0.1) is 24.8 Å². The molecule has 0 spiro atoms. The van der Waals surface area contributed by atoms with Crippen molar-refractivity contribution in [1.82, 2.24) is 0 Å². The van der Waals surface area contributed by atoms with Crippen LogP contribution >= 0.6 is 24.8 Å². The summed E-state index contributed by atoms with van der Waals surface area (Å²) >= 11 is -0.300. The van der Waals surface area contributed by atoms with E-state index < -0.39 is 0 Å². The molecule has 4 heteroatoms. The minimum absolute atomic E-state index is 0. The van der Waals surface area contributed by atoms with Crippen LogP contribution in [0.1, 0.15) is 49.5 Å². The average Bonchev–Trinajstić information content (AvgIpc) is 2.88. The van der Waals surface area contributed by atoms with E-state index in [4.69, 9.17) is 0 Å². The van der Waals surface area contributed by atoms with Gasteiger partial charge >= 0.3 is 155 Å². The van der Waals surface area contributed by atoms with E-state index in [0.717, 1.165) is 6.42 Å². The van der Waals surface area contributed by atoms with Crippen molar-refractivity contribution < 1.29 is 19.4 Å². The molecular formula is C22H27Cl2NTi. The van der Waals surface area contributed by atoms with Crippen molar-refractivity contribution in [1.29, 1.82) is 0 Å². The number of nitrogens with one attached hydrogen (secondary N) is 1. The number of benzene rings is 2. The van der Waals surface area contributed by atoms with E-state index in [1.54, 1.807) is 0 Å². The fraction of sp³-hybridized carbons (Fsp3) is 0.273. The number of para-hydroxylation sites is 1. The van der Waals surface area contributed by atoms with E-state index >= 15 is 0 Å². The molecule has 2 aromatic carbocycles. The summed E-state index contributed by atoms with van der Waals surface area (Å²) < 4.78 is 4.27. The quantitative estimate of drug-likeness (QED) is 0.500. The van der Waals surface area contributed by atoms with E-state index in [0.29, 0.717) is 4.22 Å². The van der Waals surface area contributed by atoms with Crippen LogP contribution in [0, 0.1) is 0 Å². The second-order valence-corrected chi connectivity index (χ2v) is 8.82. The summed E-state index contributed by atoms with van der Waals surface area (Å²) in [5, 5.41) is 0. The Morgan fingerprint density at radius 1 is 0.846 bits per heavy atom. The molecule has 0 heterocycles. The Labute approximate surface area is 179 Å². The average molecular weight is 424 g/mol. The minimum Gasteiger partial charge on any atom is -0.147 e. The van der Waals surface area contributed by atoms with Gasteiger partial charge in [-0.05, 0) is 0 Å². The van der Waals surface area contributed by atoms with Crippen LogP contribution < -0.4 is 3.80 Å². The number of halogens is 2. The van der Waals surface area contributed by atoms with Crippen LogP contribution in [0.3, 0.4) is 0 Å². The zero-order valence-corrected chi connectivity index (χ0v) is 19.0. The third-order valence-electron chi connectivity index (χ3n) is 5.06. The molecule has 0 bridgehead atoms. The smallest absolute Gasteiger partial charge is 0.147 e. The number of hydrogen-bond donors (Lipinski definition) is 1. The molecule has 0 radical (unpaired) electrons. The molecule has 0 aliphatic heterocycles. The van der Waals surface area contributed by atoms with Crippen LogP contribution in [0.4, 0.5) is 5.69 Å². The molecule has 1 N–H and O–H groups in total. The van der Waals surface area contributed by atoms with Gasteiger partial charge in [0.25, 0.3) is 0 Å². The molecule has 138 valence electrons. The number of hydrogen-bond acceptors (Lipinski definition) is 1. The first-order valence-corrected chi connectivity index (χ1v) is 10.3. The van der Waals surface area contributed by atoms with Crippen molar-refractivity contribution in [3.8, 4) is 0 Å². The van der Waals surface area contributed by atoms with Gasteiger partial charge in [0.05, 0.1) is 0 Å². The molecule has 1 nitrogen and oxygen atoms in total. The standard InChI is InChI=1S/C16H19.C6H6N.2ClH.Ti/c1-5-14-8-6-7-9-15(14)16-10-11(2)12(3)13(16)4;7-6-4-2-1-3-5-6;;;/h5-9H,10H2,1-4H3;1-5,7H;2*1H;/q;-1;;;+1. The largest absolute Gasteiger partial charge is 0.147 e. The van der Waals surface area contributed by atoms with Crippen LogP contribution in [-0.4, -0.2) is 0 Å². The maximum absolute atomic E-state index is 3.69. The van der Waals surface area contributed by atoms with Crippen molar-refractivity contribution in [3.63, 3.8) is 0 Å². The second kappa shape index (κ2) is 10.4. The molecule has 26 heavy (non-hydrogen) atoms. The normalized spacial score (nSPS) is 14.5. The summed E-state index contributed by atoms with van der Waals surface area (Å²) in [5.74, 6) is 0. The van der Waals surface area contributed by atoms with E-state index in [-0.39, 0.29) is 44.2 Å². The second-order valence-electron chi connectivity index (χ2n) is 6.63. The topological polar surface area (TPSA) is 12.0 Å². The fourth-order valence-electron chi connectivity index (χ4n) is 3.31. The molecule has 0 aromatic heterocycles. The Bertz CT molecular complexity index is 797. The van der Waals surface area contributed by atoms with Gasteiger partial charge in [-0.2, -0.15) is 0 Å². The molecular weight excluding hydrogens is 397 g/mol. The molecule has 0 amide bonds. The van der Waals surface area contributed by atoms with Crippen LogP contribution in [0.25, 0.3) is 5.57 Å². The summed E-state index contributed by atoms with van der Waals surface area (Å²) in [5.41, 5.74) is 10.2. The fourth-order valence-corrected chi connectivity index (χ4v) is 4.81. The van der Waals surface area contributed by atoms with Crippen molar-refractivity contribution in [2.75, 3.05) is 3.80 Å². The van der Waals surface area contributed by atoms with Gasteiger partial charge in [0.1, 0.15) is 0 Å². The molecule has 0 saturated heterocycles. The summed E-state index contributed by atoms with van der Waals surface area (Å²) in [6.45, 7) is 9.17. The Morgan fingerprint density at radius 3 is 2.08 bits per heavy atom. The van der Waals surface area contributed by atoms with Crippen LogP contribution in [0.2, 0.25) is 0 Å². The van der Waals surface area contributed by atoms with E-state index in [9.17, 15) is 0 Å². The van der Waals surface area contributed by atoms with Crippen molar-refractivity contribution in [2.24, 2.45) is 0 Å². The molecule has 1 unspecified atom stereocenters. The predicted molar refractivity (Wildman–Crippen MR) is 115 cm³/mol. The maximum Gasteiger partial charge on any atom is -0.147 e. The van der Waals surface area contributed by atoms with Gasteiger partial charge in [0, 0.05) is 0 Å². The summed E-state index contributed by atoms with van der Waals surface area (Å²) in [6, 6.07) is 19.6. The number of allylic oxidation sites excluding steroid dienone is 4. The maximum atomic E-state index is 3.69. The van der Waals surface area contributed by atoms with Crippen LogP contribution in [0.5, 0.6) is 0 Å². The van der Waals surface area contributed by atoms with Gasteiger partial charge in [-0.25, -0.2) is 0 Å². The van der Waals surface area contributed by atoms with Gasteiger partial charge < -0.3 is 0 Å². The van der Waals surface area contributed by atoms with Crippen LogP contribution in [0.15, 0.2) is 71.3 Å². The number of anilines is 1. The Morgan fingerprint density at radius 2 is 1.46 bits per heavy atom. The van der Waals surface area contributed by atoms with Crippen molar-refractivity contribution in [2.45, 2.75) is 38.3 Å². The molecule has 1 aliphatic rings. The summed E-state index contributed by atoms with van der Waals surface area (Å²) in [4.78, 5) is 0. The van der Waals surface area contributed by atoms with Gasteiger partial charge in [0.15, 0.2) is 0 Å². The molecule has 1 atom stereocenters. The predicted octanol–water partition coefficient (Wildman–Crippen LogP) is 7.21. The molecule has 0 fully saturated rings. The zero-order valence-electron chi connectivity index (χ0n) is 15.8. The summed E-state index contributed by atoms with van der Waals surface area (Å²) in [6.07, 6.45) is 1.10. The first-order chi connectivity index (χ1) is 11.6. The van der Waals surface area contributed by atoms with Crippen LogP contribution in [-0.2, 0) is 19.4 Å². The van der Waals surface area contributed by atoms with E-state index in [1.165, 1.54) is 39.1 Å². The first-order valence-electron chi connectivity index (χ1n) is 8.60. The third kappa shape index (κ3) is 5.05. The Balaban J connectivity index is 0.00000169. The monoisotopic (exact) mass is 423 g/mol. The Hall–Kier alpha value is -0.986. The van der Waals surface area contributed by atoms with Crippen molar-refractivity contribution >= 4 is 36.1 Å². The van der Waals surface area contributed by atoms with E-state index in [1.807, 2.05) is 0 Å². The molecule has 1 aliphatic carbocycles. The van der Waals surface area contributed by atoms with Gasteiger partial charge in [0.2, 0.25) is 0 Å². The summed E-state index contributed by atoms with van der Waals surface area (Å²) in [7, 11) is 0. The van der Waals surface area contributed by atoms with E-state index in [2.05, 4.69) is 86.1 Å². The van der Waals surface area contributed by atoms with Gasteiger partial charge in [-0.3, -0.25) is 0 Å². The third-order valence-corrected chi connectivity index (χ3v) is 6.89. The Kier molecular flexibility index (Phi) is 9.20. The zero-order chi connectivity index (χ0) is 17.1. The molecule has 3 rings (SSSR count).